The van der Waals surface area contributed by atoms with Crippen molar-refractivity contribution < 1.29 is 19.8 Å². The standard InChI is InChI=1S/C11H17NO4/c1-7(6-13)12-10(14)8-4-2-3-5-9(8)11(15)16/h2-3,7-9,13H,4-6H2,1H3,(H,12,14)(H,15,16)/t7?,8-,9+/m1/s1. The predicted octanol–water partition coefficient (Wildman–Crippen LogP) is 0.150. The molecule has 0 fully saturated rings. The Morgan fingerprint density at radius 1 is 1.38 bits per heavy atom. The van der Waals surface area contributed by atoms with Crippen LogP contribution in [0.5, 0.6) is 0 Å². The first-order chi connectivity index (χ1) is 7.56. The van der Waals surface area contributed by atoms with Gasteiger partial charge in [0.15, 0.2) is 0 Å². The van der Waals surface area contributed by atoms with E-state index in [4.69, 9.17) is 10.2 Å². The highest BCUT2D eigenvalue weighted by atomic mass is 16.4. The van der Waals surface area contributed by atoms with Crippen molar-refractivity contribution in [1.29, 1.82) is 0 Å². The van der Waals surface area contributed by atoms with Crippen molar-refractivity contribution >= 4 is 11.9 Å². The van der Waals surface area contributed by atoms with Gasteiger partial charge in [0, 0.05) is 6.04 Å². The van der Waals surface area contributed by atoms with Crippen LogP contribution in [0.3, 0.4) is 0 Å². The summed E-state index contributed by atoms with van der Waals surface area (Å²) in [7, 11) is 0. The number of carboxylic acids is 1. The molecule has 90 valence electrons. The van der Waals surface area contributed by atoms with Gasteiger partial charge in [0.25, 0.3) is 0 Å². The Kier molecular flexibility index (Phi) is 4.49. The van der Waals surface area contributed by atoms with E-state index in [2.05, 4.69) is 5.32 Å². The lowest BCUT2D eigenvalue weighted by Gasteiger charge is -2.25. The number of rotatable bonds is 4. The van der Waals surface area contributed by atoms with Crippen LogP contribution in [0.2, 0.25) is 0 Å². The molecule has 1 aliphatic carbocycles. The molecule has 1 unspecified atom stereocenters. The van der Waals surface area contributed by atoms with Gasteiger partial charge in [0.05, 0.1) is 18.4 Å². The van der Waals surface area contributed by atoms with E-state index in [0.717, 1.165) is 0 Å². The second-order valence-electron chi connectivity index (χ2n) is 4.09. The number of carbonyl (C=O) groups excluding carboxylic acids is 1. The highest BCUT2D eigenvalue weighted by Gasteiger charge is 2.34. The number of hydrogen-bond donors (Lipinski definition) is 3. The Labute approximate surface area is 94.2 Å². The molecule has 0 bridgehead atoms. The largest absolute Gasteiger partial charge is 0.481 e. The van der Waals surface area contributed by atoms with Crippen molar-refractivity contribution in [2.45, 2.75) is 25.8 Å². The maximum atomic E-state index is 11.8. The highest BCUT2D eigenvalue weighted by molar-refractivity contribution is 5.85. The van der Waals surface area contributed by atoms with Crippen molar-refractivity contribution in [3.63, 3.8) is 0 Å². The number of hydrogen-bond acceptors (Lipinski definition) is 3. The average molecular weight is 227 g/mol. The molecular formula is C11H17NO4. The number of aliphatic carboxylic acids is 1. The molecule has 0 aliphatic heterocycles. The molecule has 0 spiro atoms. The molecule has 0 aromatic rings. The minimum Gasteiger partial charge on any atom is -0.481 e. The third kappa shape index (κ3) is 3.06. The summed E-state index contributed by atoms with van der Waals surface area (Å²) in [4.78, 5) is 22.7. The lowest BCUT2D eigenvalue weighted by molar-refractivity contribution is -0.147. The fraction of sp³-hybridized carbons (Fsp3) is 0.636. The molecule has 5 nitrogen and oxygen atoms in total. The first-order valence-electron chi connectivity index (χ1n) is 5.35. The number of carbonyl (C=O) groups is 2. The molecule has 1 aliphatic rings. The van der Waals surface area contributed by atoms with Crippen LogP contribution < -0.4 is 5.32 Å². The van der Waals surface area contributed by atoms with Crippen molar-refractivity contribution in [2.75, 3.05) is 6.61 Å². The zero-order valence-corrected chi connectivity index (χ0v) is 9.22. The smallest absolute Gasteiger partial charge is 0.307 e. The number of amides is 1. The molecule has 5 heteroatoms. The second-order valence-corrected chi connectivity index (χ2v) is 4.09. The summed E-state index contributed by atoms with van der Waals surface area (Å²) < 4.78 is 0. The predicted molar refractivity (Wildman–Crippen MR) is 57.7 cm³/mol. The summed E-state index contributed by atoms with van der Waals surface area (Å²) in [6.45, 7) is 1.53. The molecule has 0 radical (unpaired) electrons. The van der Waals surface area contributed by atoms with Crippen molar-refractivity contribution in [1.82, 2.24) is 5.32 Å². The van der Waals surface area contributed by atoms with Gasteiger partial charge in [-0.1, -0.05) is 12.2 Å². The van der Waals surface area contributed by atoms with Gasteiger partial charge in [-0.3, -0.25) is 9.59 Å². The molecule has 0 aromatic carbocycles. The number of aliphatic hydroxyl groups is 1. The van der Waals surface area contributed by atoms with Crippen LogP contribution in [-0.4, -0.2) is 34.7 Å². The van der Waals surface area contributed by atoms with E-state index in [-0.39, 0.29) is 18.6 Å². The number of nitrogens with one attached hydrogen (secondary N) is 1. The van der Waals surface area contributed by atoms with Crippen LogP contribution >= 0.6 is 0 Å². The Morgan fingerprint density at radius 3 is 2.44 bits per heavy atom. The van der Waals surface area contributed by atoms with E-state index in [1.54, 1.807) is 13.0 Å². The average Bonchev–Trinajstić information content (AvgIpc) is 2.28. The van der Waals surface area contributed by atoms with E-state index in [1.165, 1.54) is 0 Å². The molecule has 3 N–H and O–H groups in total. The molecule has 0 saturated carbocycles. The van der Waals surface area contributed by atoms with Gasteiger partial charge in [-0.15, -0.1) is 0 Å². The number of carboxylic acid groups (broad SMARTS) is 1. The Balaban J connectivity index is 2.65. The third-order valence-corrected chi connectivity index (χ3v) is 2.75. The van der Waals surface area contributed by atoms with Gasteiger partial charge in [0.1, 0.15) is 0 Å². The van der Waals surface area contributed by atoms with Gasteiger partial charge in [-0.05, 0) is 19.8 Å². The second kappa shape index (κ2) is 5.65. The highest BCUT2D eigenvalue weighted by Crippen LogP contribution is 2.26. The van der Waals surface area contributed by atoms with Crippen LogP contribution in [0.25, 0.3) is 0 Å². The molecule has 0 saturated heterocycles. The lowest BCUT2D eigenvalue weighted by atomic mass is 9.82. The summed E-state index contributed by atoms with van der Waals surface area (Å²) in [6.07, 6.45) is 4.45. The van der Waals surface area contributed by atoms with Crippen molar-refractivity contribution in [3.05, 3.63) is 12.2 Å². The lowest BCUT2D eigenvalue weighted by Crippen LogP contribution is -2.43. The van der Waals surface area contributed by atoms with Crippen LogP contribution in [0, 0.1) is 11.8 Å². The molecule has 0 aromatic heterocycles. The van der Waals surface area contributed by atoms with Crippen LogP contribution in [0.15, 0.2) is 12.2 Å². The van der Waals surface area contributed by atoms with Gasteiger partial charge in [0.2, 0.25) is 5.91 Å². The molecule has 1 amide bonds. The number of aliphatic hydroxyl groups excluding tert-OH is 1. The van der Waals surface area contributed by atoms with Crippen LogP contribution in [0.4, 0.5) is 0 Å². The zero-order chi connectivity index (χ0) is 12.1. The van der Waals surface area contributed by atoms with E-state index < -0.39 is 17.8 Å². The van der Waals surface area contributed by atoms with Gasteiger partial charge in [-0.2, -0.15) is 0 Å². The topological polar surface area (TPSA) is 86.6 Å². The fourth-order valence-electron chi connectivity index (χ4n) is 1.77. The number of allylic oxidation sites excluding steroid dienone is 2. The van der Waals surface area contributed by atoms with Gasteiger partial charge < -0.3 is 15.5 Å². The summed E-state index contributed by atoms with van der Waals surface area (Å²) in [5, 5.41) is 20.4. The Bertz CT molecular complexity index is 300. The molecule has 0 heterocycles. The summed E-state index contributed by atoms with van der Waals surface area (Å²) >= 11 is 0. The maximum absolute atomic E-state index is 11.8. The Morgan fingerprint density at radius 2 is 1.94 bits per heavy atom. The minimum atomic E-state index is -0.943. The normalized spacial score (nSPS) is 26.1. The quantitative estimate of drug-likeness (QED) is 0.597. The first-order valence-corrected chi connectivity index (χ1v) is 5.35. The summed E-state index contributed by atoms with van der Waals surface area (Å²) in [6, 6.07) is -0.340. The molecule has 3 atom stereocenters. The SMILES string of the molecule is CC(CO)NC(=O)[C@@H]1CC=CC[C@@H]1C(=O)O. The van der Waals surface area contributed by atoms with Crippen LogP contribution in [-0.2, 0) is 9.59 Å². The van der Waals surface area contributed by atoms with Crippen LogP contribution in [0.1, 0.15) is 19.8 Å². The third-order valence-electron chi connectivity index (χ3n) is 2.75. The minimum absolute atomic E-state index is 0.147. The van der Waals surface area contributed by atoms with Crippen molar-refractivity contribution in [2.24, 2.45) is 11.8 Å². The van der Waals surface area contributed by atoms with Crippen molar-refractivity contribution in [3.8, 4) is 0 Å². The Hall–Kier alpha value is -1.36. The van der Waals surface area contributed by atoms with E-state index >= 15 is 0 Å². The molecular weight excluding hydrogens is 210 g/mol. The molecule has 16 heavy (non-hydrogen) atoms. The summed E-state index contributed by atoms with van der Waals surface area (Å²) in [5.74, 6) is -2.42. The van der Waals surface area contributed by atoms with Gasteiger partial charge in [-0.25, -0.2) is 0 Å². The maximum Gasteiger partial charge on any atom is 0.307 e. The van der Waals surface area contributed by atoms with E-state index in [0.29, 0.717) is 12.8 Å². The summed E-state index contributed by atoms with van der Waals surface area (Å²) in [5.41, 5.74) is 0. The fourth-order valence-corrected chi connectivity index (χ4v) is 1.77. The molecule has 1 rings (SSSR count). The van der Waals surface area contributed by atoms with Gasteiger partial charge >= 0.3 is 5.97 Å². The van der Waals surface area contributed by atoms with E-state index in [1.807, 2.05) is 6.08 Å². The first kappa shape index (κ1) is 12.7. The van der Waals surface area contributed by atoms with E-state index in [9.17, 15) is 9.59 Å². The zero-order valence-electron chi connectivity index (χ0n) is 9.22. The monoisotopic (exact) mass is 227 g/mol.